The number of aromatic nitrogens is 2. The number of nitrogens with zero attached hydrogens (tertiary/aromatic N) is 2. The van der Waals surface area contributed by atoms with Crippen LogP contribution in [0.1, 0.15) is 6.92 Å². The van der Waals surface area contributed by atoms with E-state index in [1.54, 1.807) is 10.9 Å². The van der Waals surface area contributed by atoms with Crippen molar-refractivity contribution in [1.82, 2.24) is 9.78 Å². The van der Waals surface area contributed by atoms with E-state index in [9.17, 15) is 8.78 Å². The highest BCUT2D eigenvalue weighted by atomic mass is 19.2. The van der Waals surface area contributed by atoms with E-state index in [-0.39, 0.29) is 6.04 Å². The zero-order valence-electron chi connectivity index (χ0n) is 10.7. The largest absolute Gasteiger partial charge is 0.491 e. The summed E-state index contributed by atoms with van der Waals surface area (Å²) in [7, 11) is 1.83. The number of aryl methyl sites for hydroxylation is 1. The minimum absolute atomic E-state index is 0.0114. The highest BCUT2D eigenvalue weighted by molar-refractivity contribution is 5.39. The second-order valence-corrected chi connectivity index (χ2v) is 4.33. The van der Waals surface area contributed by atoms with Crippen LogP contribution in [0.3, 0.4) is 0 Å². The van der Waals surface area contributed by atoms with Crippen LogP contribution in [0, 0.1) is 11.6 Å². The Morgan fingerprint density at radius 1 is 1.37 bits per heavy atom. The van der Waals surface area contributed by atoms with E-state index >= 15 is 0 Å². The molecule has 0 radical (unpaired) electrons. The van der Waals surface area contributed by atoms with Crippen molar-refractivity contribution < 1.29 is 13.5 Å². The first kappa shape index (κ1) is 13.3. The summed E-state index contributed by atoms with van der Waals surface area (Å²) in [6, 6.07) is 3.49. The van der Waals surface area contributed by atoms with Crippen LogP contribution < -0.4 is 10.1 Å². The zero-order chi connectivity index (χ0) is 13.8. The molecule has 0 amide bonds. The van der Waals surface area contributed by atoms with Gasteiger partial charge in [0.1, 0.15) is 12.4 Å². The maximum Gasteiger partial charge on any atom is 0.162 e. The lowest BCUT2D eigenvalue weighted by atomic mass is 10.3. The number of rotatable bonds is 5. The Balaban J connectivity index is 1.86. The van der Waals surface area contributed by atoms with Crippen LogP contribution in [0.4, 0.5) is 14.5 Å². The van der Waals surface area contributed by atoms with Crippen molar-refractivity contribution in [1.29, 1.82) is 0 Å². The van der Waals surface area contributed by atoms with Gasteiger partial charge in [-0.3, -0.25) is 4.68 Å². The third-order valence-electron chi connectivity index (χ3n) is 2.51. The van der Waals surface area contributed by atoms with Gasteiger partial charge in [0.25, 0.3) is 0 Å². The molecule has 1 aromatic heterocycles. The summed E-state index contributed by atoms with van der Waals surface area (Å²) in [5.74, 6) is -1.49. The Kier molecular flexibility index (Phi) is 3.99. The summed E-state index contributed by atoms with van der Waals surface area (Å²) < 4.78 is 32.8. The lowest BCUT2D eigenvalue weighted by Crippen LogP contribution is -2.23. The van der Waals surface area contributed by atoms with Gasteiger partial charge in [-0.1, -0.05) is 0 Å². The molecule has 0 aliphatic heterocycles. The smallest absolute Gasteiger partial charge is 0.162 e. The fourth-order valence-corrected chi connectivity index (χ4v) is 1.61. The third-order valence-corrected chi connectivity index (χ3v) is 2.51. The van der Waals surface area contributed by atoms with Crippen molar-refractivity contribution in [2.24, 2.45) is 7.05 Å². The molecule has 102 valence electrons. The molecular weight excluding hydrogens is 252 g/mol. The first-order chi connectivity index (χ1) is 9.04. The predicted octanol–water partition coefficient (Wildman–Crippen LogP) is 2.58. The molecule has 0 bridgehead atoms. The Bertz CT molecular complexity index is 557. The zero-order valence-corrected chi connectivity index (χ0v) is 10.7. The summed E-state index contributed by atoms with van der Waals surface area (Å²) >= 11 is 0. The molecule has 0 saturated carbocycles. The SMILES string of the molecule is C[C@@H](COc1ccc(F)c(F)c1)Nc1cnn(C)c1. The van der Waals surface area contributed by atoms with Gasteiger partial charge < -0.3 is 10.1 Å². The molecule has 0 fully saturated rings. The fourth-order valence-electron chi connectivity index (χ4n) is 1.61. The number of hydrogen-bond acceptors (Lipinski definition) is 3. The summed E-state index contributed by atoms with van der Waals surface area (Å²) in [4.78, 5) is 0. The molecule has 1 aromatic carbocycles. The number of anilines is 1. The molecule has 0 aliphatic carbocycles. The number of benzene rings is 1. The van der Waals surface area contributed by atoms with Gasteiger partial charge in [0.15, 0.2) is 11.6 Å². The minimum Gasteiger partial charge on any atom is -0.491 e. The Hall–Kier alpha value is -2.11. The van der Waals surface area contributed by atoms with Gasteiger partial charge in [0.2, 0.25) is 0 Å². The van der Waals surface area contributed by atoms with Crippen molar-refractivity contribution in [3.63, 3.8) is 0 Å². The van der Waals surface area contributed by atoms with E-state index in [1.165, 1.54) is 6.07 Å². The summed E-state index contributed by atoms with van der Waals surface area (Å²) in [5.41, 5.74) is 0.879. The van der Waals surface area contributed by atoms with E-state index in [2.05, 4.69) is 10.4 Å². The summed E-state index contributed by atoms with van der Waals surface area (Å²) in [5, 5.41) is 7.21. The molecule has 0 saturated heterocycles. The molecule has 0 unspecified atom stereocenters. The van der Waals surface area contributed by atoms with Crippen molar-refractivity contribution >= 4 is 5.69 Å². The first-order valence-corrected chi connectivity index (χ1v) is 5.87. The van der Waals surface area contributed by atoms with Crippen LogP contribution in [-0.2, 0) is 7.05 Å². The Labute approximate surface area is 110 Å². The average molecular weight is 267 g/mol. The van der Waals surface area contributed by atoms with Crippen LogP contribution >= 0.6 is 0 Å². The monoisotopic (exact) mass is 267 g/mol. The first-order valence-electron chi connectivity index (χ1n) is 5.87. The lowest BCUT2D eigenvalue weighted by molar-refractivity contribution is 0.301. The van der Waals surface area contributed by atoms with E-state index in [0.29, 0.717) is 12.4 Å². The van der Waals surface area contributed by atoms with Crippen molar-refractivity contribution in [3.05, 3.63) is 42.2 Å². The van der Waals surface area contributed by atoms with Crippen LogP contribution in [0.5, 0.6) is 5.75 Å². The van der Waals surface area contributed by atoms with Gasteiger partial charge in [-0.15, -0.1) is 0 Å². The van der Waals surface area contributed by atoms with Gasteiger partial charge >= 0.3 is 0 Å². The van der Waals surface area contributed by atoms with Gasteiger partial charge in [-0.05, 0) is 19.1 Å². The van der Waals surface area contributed by atoms with Crippen molar-refractivity contribution in [3.8, 4) is 5.75 Å². The highest BCUT2D eigenvalue weighted by Gasteiger charge is 2.07. The summed E-state index contributed by atoms with van der Waals surface area (Å²) in [6.45, 7) is 2.26. The standard InChI is InChI=1S/C13H15F2N3O/c1-9(17-10-6-16-18(2)7-10)8-19-11-3-4-12(14)13(15)5-11/h3-7,9,17H,8H2,1-2H3/t9-/m0/s1. The average Bonchev–Trinajstić information content (AvgIpc) is 2.76. The van der Waals surface area contributed by atoms with E-state index < -0.39 is 11.6 Å². The van der Waals surface area contributed by atoms with E-state index in [1.807, 2.05) is 20.2 Å². The van der Waals surface area contributed by atoms with Crippen molar-refractivity contribution in [2.45, 2.75) is 13.0 Å². The lowest BCUT2D eigenvalue weighted by Gasteiger charge is -2.14. The molecule has 19 heavy (non-hydrogen) atoms. The molecule has 0 spiro atoms. The maximum absolute atomic E-state index is 13.0. The molecule has 2 rings (SSSR count). The molecule has 4 nitrogen and oxygen atoms in total. The fraction of sp³-hybridized carbons (Fsp3) is 0.308. The molecule has 1 atom stereocenters. The molecule has 6 heteroatoms. The topological polar surface area (TPSA) is 39.1 Å². The highest BCUT2D eigenvalue weighted by Crippen LogP contribution is 2.16. The third kappa shape index (κ3) is 3.67. The van der Waals surface area contributed by atoms with Crippen LogP contribution in [0.2, 0.25) is 0 Å². The number of ether oxygens (including phenoxy) is 1. The van der Waals surface area contributed by atoms with Gasteiger partial charge in [0, 0.05) is 19.3 Å². The second kappa shape index (κ2) is 5.69. The van der Waals surface area contributed by atoms with Crippen molar-refractivity contribution in [2.75, 3.05) is 11.9 Å². The van der Waals surface area contributed by atoms with E-state index in [0.717, 1.165) is 17.8 Å². The van der Waals surface area contributed by atoms with Crippen LogP contribution in [0.25, 0.3) is 0 Å². The molecule has 1 N–H and O–H groups in total. The Morgan fingerprint density at radius 3 is 2.79 bits per heavy atom. The van der Waals surface area contributed by atoms with Gasteiger partial charge in [-0.25, -0.2) is 8.78 Å². The van der Waals surface area contributed by atoms with Crippen LogP contribution in [0.15, 0.2) is 30.6 Å². The van der Waals surface area contributed by atoms with Gasteiger partial charge in [0.05, 0.1) is 17.9 Å². The minimum atomic E-state index is -0.912. The maximum atomic E-state index is 13.0. The number of hydrogen-bond donors (Lipinski definition) is 1. The van der Waals surface area contributed by atoms with Crippen LogP contribution in [-0.4, -0.2) is 22.4 Å². The molecule has 0 aliphatic rings. The Morgan fingerprint density at radius 2 is 2.16 bits per heavy atom. The normalized spacial score (nSPS) is 12.2. The summed E-state index contributed by atoms with van der Waals surface area (Å²) in [6.07, 6.45) is 3.54. The second-order valence-electron chi connectivity index (χ2n) is 4.33. The molecule has 1 heterocycles. The quantitative estimate of drug-likeness (QED) is 0.905. The predicted molar refractivity (Wildman–Crippen MR) is 68.1 cm³/mol. The van der Waals surface area contributed by atoms with Gasteiger partial charge in [-0.2, -0.15) is 5.10 Å². The molecular formula is C13H15F2N3O. The van der Waals surface area contributed by atoms with E-state index in [4.69, 9.17) is 4.74 Å². The number of halogens is 2. The number of nitrogens with one attached hydrogen (secondary N) is 1. The molecule has 2 aromatic rings.